The van der Waals surface area contributed by atoms with Crippen molar-refractivity contribution in [3.05, 3.63) is 62.4 Å². The summed E-state index contributed by atoms with van der Waals surface area (Å²) in [5.74, 6) is -0.590. The van der Waals surface area contributed by atoms with Crippen molar-refractivity contribution in [2.45, 2.75) is 6.61 Å². The van der Waals surface area contributed by atoms with Gasteiger partial charge in [-0.05, 0) is 29.3 Å². The molecule has 0 aromatic heterocycles. The lowest BCUT2D eigenvalue weighted by Crippen LogP contribution is -2.03. The van der Waals surface area contributed by atoms with Gasteiger partial charge in [0.15, 0.2) is 6.29 Å². The van der Waals surface area contributed by atoms with Gasteiger partial charge in [-0.15, -0.1) is 0 Å². The summed E-state index contributed by atoms with van der Waals surface area (Å²) in [5.41, 5.74) is -0.549. The molecule has 0 unspecified atom stereocenters. The van der Waals surface area contributed by atoms with Crippen LogP contribution in [-0.4, -0.2) is 16.3 Å². The second kappa shape index (κ2) is 5.99. The predicted octanol–water partition coefficient (Wildman–Crippen LogP) is 3.36. The maximum atomic E-state index is 13.4. The smallest absolute Gasteiger partial charge is 0.289 e. The van der Waals surface area contributed by atoms with Gasteiger partial charge in [0, 0.05) is 0 Å². The molecule has 1 N–H and O–H groups in total. The molecule has 108 valence electrons. The molecule has 0 spiro atoms. The maximum absolute atomic E-state index is 13.4. The third-order valence-corrected chi connectivity index (χ3v) is 3.27. The first-order chi connectivity index (χ1) is 9.99. The second-order valence-corrected chi connectivity index (χ2v) is 4.61. The standard InChI is InChI=1S/C14H9ClFNO4/c15-12-5-9(6-18)13(8-2-1-3-10(16)4-8)14(17(20)21)11(12)7-19/h1-5,7,18H,6H2. The first-order valence-corrected chi connectivity index (χ1v) is 6.19. The molecule has 0 saturated carbocycles. The summed E-state index contributed by atoms with van der Waals surface area (Å²) in [6.45, 7) is -0.536. The topological polar surface area (TPSA) is 80.4 Å². The Bertz CT molecular complexity index is 733. The number of carbonyl (C=O) groups is 1. The predicted molar refractivity (Wildman–Crippen MR) is 74.8 cm³/mol. The number of nitrogens with zero attached hydrogens (tertiary/aromatic N) is 1. The molecular weight excluding hydrogens is 301 g/mol. The summed E-state index contributed by atoms with van der Waals surface area (Å²) in [6, 6.07) is 6.37. The minimum Gasteiger partial charge on any atom is -0.392 e. The van der Waals surface area contributed by atoms with E-state index >= 15 is 0 Å². The molecular formula is C14H9ClFNO4. The van der Waals surface area contributed by atoms with Crippen molar-refractivity contribution in [3.8, 4) is 11.1 Å². The highest BCUT2D eigenvalue weighted by molar-refractivity contribution is 6.33. The lowest BCUT2D eigenvalue weighted by atomic mass is 9.95. The molecule has 0 aliphatic carbocycles. The molecule has 0 saturated heterocycles. The number of hydrogen-bond acceptors (Lipinski definition) is 4. The summed E-state index contributed by atoms with van der Waals surface area (Å²) in [7, 11) is 0. The number of aliphatic hydroxyl groups is 1. The number of nitro benzene ring substituents is 1. The van der Waals surface area contributed by atoms with Gasteiger partial charge in [-0.25, -0.2) is 4.39 Å². The van der Waals surface area contributed by atoms with Crippen LogP contribution in [0.3, 0.4) is 0 Å². The zero-order valence-electron chi connectivity index (χ0n) is 10.5. The number of carbonyl (C=O) groups excluding carboxylic acids is 1. The van der Waals surface area contributed by atoms with Crippen molar-refractivity contribution >= 4 is 23.6 Å². The van der Waals surface area contributed by atoms with Gasteiger partial charge in [0.1, 0.15) is 11.4 Å². The average Bonchev–Trinajstić information content (AvgIpc) is 2.45. The molecule has 2 aromatic carbocycles. The molecule has 0 aliphatic heterocycles. The number of benzene rings is 2. The van der Waals surface area contributed by atoms with Crippen LogP contribution < -0.4 is 0 Å². The number of hydrogen-bond donors (Lipinski definition) is 1. The van der Waals surface area contributed by atoms with Gasteiger partial charge in [0.2, 0.25) is 0 Å². The monoisotopic (exact) mass is 309 g/mol. The second-order valence-electron chi connectivity index (χ2n) is 4.20. The fourth-order valence-corrected chi connectivity index (χ4v) is 2.36. The van der Waals surface area contributed by atoms with Gasteiger partial charge >= 0.3 is 0 Å². The van der Waals surface area contributed by atoms with Crippen LogP contribution in [-0.2, 0) is 6.61 Å². The van der Waals surface area contributed by atoms with Crippen LogP contribution in [0.25, 0.3) is 11.1 Å². The van der Waals surface area contributed by atoms with Crippen molar-refractivity contribution in [1.82, 2.24) is 0 Å². The zero-order chi connectivity index (χ0) is 15.6. The van der Waals surface area contributed by atoms with Crippen LogP contribution in [0.4, 0.5) is 10.1 Å². The molecule has 0 bridgehead atoms. The average molecular weight is 310 g/mol. The Kier molecular flexibility index (Phi) is 4.30. The molecule has 0 aliphatic rings. The number of nitro groups is 1. The minimum absolute atomic E-state index is 0.0199. The van der Waals surface area contributed by atoms with Crippen LogP contribution in [0.5, 0.6) is 0 Å². The van der Waals surface area contributed by atoms with E-state index in [1.807, 2.05) is 0 Å². The summed E-state index contributed by atoms with van der Waals surface area (Å²) >= 11 is 5.83. The first-order valence-electron chi connectivity index (χ1n) is 5.81. The highest BCUT2D eigenvalue weighted by Gasteiger charge is 2.27. The molecule has 0 atom stereocenters. The lowest BCUT2D eigenvalue weighted by molar-refractivity contribution is -0.384. The third kappa shape index (κ3) is 2.76. The number of aliphatic hydroxyl groups excluding tert-OH is 1. The van der Waals surface area contributed by atoms with E-state index in [-0.39, 0.29) is 33.6 Å². The van der Waals surface area contributed by atoms with E-state index in [1.165, 1.54) is 24.3 Å². The Labute approximate surface area is 123 Å². The Morgan fingerprint density at radius 1 is 1.38 bits per heavy atom. The number of rotatable bonds is 4. The van der Waals surface area contributed by atoms with Crippen molar-refractivity contribution in [3.63, 3.8) is 0 Å². The van der Waals surface area contributed by atoms with Crippen LogP contribution in [0.1, 0.15) is 15.9 Å². The summed E-state index contributed by atoms with van der Waals surface area (Å²) in [6.07, 6.45) is 0.268. The molecule has 7 heteroatoms. The van der Waals surface area contributed by atoms with E-state index in [1.54, 1.807) is 0 Å². The molecule has 2 aromatic rings. The quantitative estimate of drug-likeness (QED) is 0.533. The molecule has 0 amide bonds. The molecule has 0 heterocycles. The van der Waals surface area contributed by atoms with Gasteiger partial charge in [0.05, 0.1) is 22.1 Å². The fraction of sp³-hybridized carbons (Fsp3) is 0.0714. The van der Waals surface area contributed by atoms with Crippen LogP contribution in [0, 0.1) is 15.9 Å². The van der Waals surface area contributed by atoms with E-state index in [0.717, 1.165) is 6.07 Å². The van der Waals surface area contributed by atoms with E-state index in [0.29, 0.717) is 0 Å². The molecule has 5 nitrogen and oxygen atoms in total. The van der Waals surface area contributed by atoms with Crippen molar-refractivity contribution in [1.29, 1.82) is 0 Å². The Morgan fingerprint density at radius 3 is 2.62 bits per heavy atom. The van der Waals surface area contributed by atoms with Gasteiger partial charge in [-0.3, -0.25) is 14.9 Å². The molecule has 0 radical (unpaired) electrons. The van der Waals surface area contributed by atoms with Crippen molar-refractivity contribution < 1.29 is 19.2 Å². The van der Waals surface area contributed by atoms with Crippen molar-refractivity contribution in [2.75, 3.05) is 0 Å². The SMILES string of the molecule is O=Cc1c(Cl)cc(CO)c(-c2cccc(F)c2)c1[N+](=O)[O-]. The zero-order valence-corrected chi connectivity index (χ0v) is 11.3. The van der Waals surface area contributed by atoms with Crippen LogP contribution in [0.15, 0.2) is 30.3 Å². The van der Waals surface area contributed by atoms with Gasteiger partial charge in [-0.2, -0.15) is 0 Å². The number of halogens is 2. The summed E-state index contributed by atoms with van der Waals surface area (Å²) in [5, 5.41) is 20.5. The van der Waals surface area contributed by atoms with Crippen molar-refractivity contribution in [2.24, 2.45) is 0 Å². The van der Waals surface area contributed by atoms with E-state index in [4.69, 9.17) is 11.6 Å². The van der Waals surface area contributed by atoms with Crippen LogP contribution >= 0.6 is 11.6 Å². The molecule has 0 fully saturated rings. The summed E-state index contributed by atoms with van der Waals surface area (Å²) in [4.78, 5) is 21.6. The Balaban J connectivity index is 2.91. The fourth-order valence-electron chi connectivity index (χ4n) is 2.10. The van der Waals surface area contributed by atoms with Gasteiger partial charge < -0.3 is 5.11 Å². The maximum Gasteiger partial charge on any atom is 0.289 e. The lowest BCUT2D eigenvalue weighted by Gasteiger charge is -2.11. The highest BCUT2D eigenvalue weighted by atomic mass is 35.5. The summed E-state index contributed by atoms with van der Waals surface area (Å²) < 4.78 is 13.4. The highest BCUT2D eigenvalue weighted by Crippen LogP contribution is 2.39. The normalized spacial score (nSPS) is 10.4. The van der Waals surface area contributed by atoms with E-state index in [9.17, 15) is 24.4 Å². The van der Waals surface area contributed by atoms with Gasteiger partial charge in [-0.1, -0.05) is 23.7 Å². The van der Waals surface area contributed by atoms with Crippen LogP contribution in [0.2, 0.25) is 5.02 Å². The largest absolute Gasteiger partial charge is 0.392 e. The van der Waals surface area contributed by atoms with E-state index in [2.05, 4.69) is 0 Å². The Hall–Kier alpha value is -2.31. The number of aldehydes is 1. The van der Waals surface area contributed by atoms with Gasteiger partial charge in [0.25, 0.3) is 5.69 Å². The molecule has 2 rings (SSSR count). The first kappa shape index (κ1) is 15.1. The molecule has 21 heavy (non-hydrogen) atoms. The Morgan fingerprint density at radius 2 is 2.10 bits per heavy atom. The van der Waals surface area contributed by atoms with E-state index < -0.39 is 23.0 Å². The minimum atomic E-state index is -0.769. The third-order valence-electron chi connectivity index (χ3n) is 2.96.